The number of nitrogens with one attached hydrogen (secondary N) is 1. The van der Waals surface area contributed by atoms with Crippen LogP contribution in [0.2, 0.25) is 5.02 Å². The molecule has 3 aromatic rings. The molecule has 0 unspecified atom stereocenters. The maximum Gasteiger partial charge on any atom is 0.357 e. The van der Waals surface area contributed by atoms with Gasteiger partial charge in [0.05, 0.1) is 18.9 Å². The van der Waals surface area contributed by atoms with E-state index in [1.54, 1.807) is 36.4 Å². The van der Waals surface area contributed by atoms with Gasteiger partial charge < -0.3 is 9.84 Å². The third-order valence-electron chi connectivity index (χ3n) is 4.60. The SMILES string of the molecule is COc1ccc(C(C)(C)C)cc1C(=O)Nn1cc(-c2ccc(Cl)cc2)c(C(=O)O)n1. The minimum atomic E-state index is -1.21. The lowest BCUT2D eigenvalue weighted by Crippen LogP contribution is -2.25. The van der Waals surface area contributed by atoms with Crippen molar-refractivity contribution in [2.24, 2.45) is 0 Å². The normalized spacial score (nSPS) is 11.2. The topological polar surface area (TPSA) is 93.5 Å². The van der Waals surface area contributed by atoms with Crippen LogP contribution in [0.3, 0.4) is 0 Å². The van der Waals surface area contributed by atoms with Crippen molar-refractivity contribution < 1.29 is 19.4 Å². The molecule has 0 radical (unpaired) electrons. The molecule has 0 atom stereocenters. The highest BCUT2D eigenvalue weighted by molar-refractivity contribution is 6.30. The number of carbonyl (C=O) groups is 2. The van der Waals surface area contributed by atoms with Gasteiger partial charge in [0.25, 0.3) is 5.91 Å². The van der Waals surface area contributed by atoms with Gasteiger partial charge in [0.2, 0.25) is 0 Å². The number of hydrogen-bond acceptors (Lipinski definition) is 4. The van der Waals surface area contributed by atoms with Crippen molar-refractivity contribution in [1.29, 1.82) is 0 Å². The number of aromatic nitrogens is 2. The molecule has 0 aliphatic rings. The van der Waals surface area contributed by atoms with Gasteiger partial charge in [0, 0.05) is 10.6 Å². The van der Waals surface area contributed by atoms with Crippen LogP contribution in [-0.4, -0.2) is 34.0 Å². The predicted molar refractivity (Wildman–Crippen MR) is 115 cm³/mol. The zero-order valence-corrected chi connectivity index (χ0v) is 17.8. The number of aromatic carboxylic acids is 1. The van der Waals surface area contributed by atoms with Crippen LogP contribution in [0.25, 0.3) is 11.1 Å². The molecule has 1 amide bonds. The molecule has 0 fully saturated rings. The Labute approximate surface area is 179 Å². The van der Waals surface area contributed by atoms with Crippen molar-refractivity contribution in [1.82, 2.24) is 9.89 Å². The summed E-state index contributed by atoms with van der Waals surface area (Å²) in [6.07, 6.45) is 1.45. The Bertz CT molecular complexity index is 1100. The van der Waals surface area contributed by atoms with Crippen LogP contribution in [0.4, 0.5) is 0 Å². The van der Waals surface area contributed by atoms with Crippen molar-refractivity contribution in [2.45, 2.75) is 26.2 Å². The number of carboxylic acids is 1. The number of amides is 1. The molecule has 156 valence electrons. The Morgan fingerprint density at radius 1 is 1.13 bits per heavy atom. The van der Waals surface area contributed by atoms with Gasteiger partial charge in [-0.05, 0) is 40.8 Å². The average molecular weight is 428 g/mol. The molecule has 3 rings (SSSR count). The van der Waals surface area contributed by atoms with Crippen molar-refractivity contribution in [2.75, 3.05) is 12.5 Å². The number of halogens is 1. The number of benzene rings is 2. The fraction of sp³-hybridized carbons (Fsp3) is 0.227. The van der Waals surface area contributed by atoms with Crippen LogP contribution in [0.1, 0.15) is 47.2 Å². The van der Waals surface area contributed by atoms with Crippen LogP contribution >= 0.6 is 11.6 Å². The van der Waals surface area contributed by atoms with E-state index < -0.39 is 11.9 Å². The number of carboxylic acid groups (broad SMARTS) is 1. The molecule has 7 nitrogen and oxygen atoms in total. The first-order chi connectivity index (χ1) is 14.1. The summed E-state index contributed by atoms with van der Waals surface area (Å²) in [4.78, 5) is 25.7. The Morgan fingerprint density at radius 3 is 2.37 bits per heavy atom. The standard InChI is InChI=1S/C22H22ClN3O4/c1-22(2,3)14-7-10-18(30-4)16(11-14)20(27)25-26-12-17(19(24-26)21(28)29)13-5-8-15(23)9-6-13/h5-12H,1-4H3,(H,25,27)(H,28,29). The summed E-state index contributed by atoms with van der Waals surface area (Å²) in [6, 6.07) is 12.1. The summed E-state index contributed by atoms with van der Waals surface area (Å²) in [5.41, 5.74) is 4.51. The van der Waals surface area contributed by atoms with E-state index in [9.17, 15) is 14.7 Å². The zero-order valence-electron chi connectivity index (χ0n) is 17.1. The molecule has 0 spiro atoms. The third-order valence-corrected chi connectivity index (χ3v) is 4.85. The van der Waals surface area contributed by atoms with Crippen LogP contribution in [0.5, 0.6) is 5.75 Å². The van der Waals surface area contributed by atoms with Gasteiger partial charge in [-0.1, -0.05) is 50.6 Å². The lowest BCUT2D eigenvalue weighted by atomic mass is 9.86. The van der Waals surface area contributed by atoms with E-state index >= 15 is 0 Å². The number of nitrogens with zero attached hydrogens (tertiary/aromatic N) is 2. The van der Waals surface area contributed by atoms with Gasteiger partial charge in [-0.15, -0.1) is 5.10 Å². The highest BCUT2D eigenvalue weighted by atomic mass is 35.5. The molecular weight excluding hydrogens is 406 g/mol. The first kappa shape index (κ1) is 21.4. The maximum absolute atomic E-state index is 12.9. The van der Waals surface area contributed by atoms with E-state index in [-0.39, 0.29) is 11.1 Å². The smallest absolute Gasteiger partial charge is 0.357 e. The lowest BCUT2D eigenvalue weighted by Gasteiger charge is -2.20. The minimum absolute atomic E-state index is 0.161. The van der Waals surface area contributed by atoms with E-state index in [0.29, 0.717) is 27.5 Å². The number of hydrogen-bond donors (Lipinski definition) is 2. The van der Waals surface area contributed by atoms with Crippen molar-refractivity contribution in [3.8, 4) is 16.9 Å². The average Bonchev–Trinajstić information content (AvgIpc) is 3.11. The molecule has 0 aliphatic carbocycles. The number of carbonyl (C=O) groups excluding carboxylic acids is 1. The van der Waals surface area contributed by atoms with Crippen LogP contribution in [0, 0.1) is 0 Å². The molecule has 0 bridgehead atoms. The van der Waals surface area contributed by atoms with E-state index in [4.69, 9.17) is 16.3 Å². The van der Waals surface area contributed by atoms with Crippen LogP contribution in [-0.2, 0) is 5.41 Å². The lowest BCUT2D eigenvalue weighted by molar-refractivity contribution is 0.0689. The van der Waals surface area contributed by atoms with Crippen molar-refractivity contribution in [3.63, 3.8) is 0 Å². The minimum Gasteiger partial charge on any atom is -0.496 e. The van der Waals surface area contributed by atoms with Gasteiger partial charge in [-0.2, -0.15) is 4.79 Å². The summed E-state index contributed by atoms with van der Waals surface area (Å²) in [6.45, 7) is 6.13. The summed E-state index contributed by atoms with van der Waals surface area (Å²) in [5, 5.41) is 14.1. The van der Waals surface area contributed by atoms with Crippen LogP contribution in [0.15, 0.2) is 48.7 Å². The van der Waals surface area contributed by atoms with Crippen molar-refractivity contribution in [3.05, 3.63) is 70.5 Å². The second-order valence-corrected chi connectivity index (χ2v) is 8.19. The van der Waals surface area contributed by atoms with E-state index in [1.807, 2.05) is 26.8 Å². The van der Waals surface area contributed by atoms with E-state index in [0.717, 1.165) is 10.4 Å². The van der Waals surface area contributed by atoms with Gasteiger partial charge in [-0.25, -0.2) is 10.2 Å². The molecule has 1 aromatic heterocycles. The van der Waals surface area contributed by atoms with Crippen LogP contribution < -0.4 is 10.2 Å². The fourth-order valence-corrected chi connectivity index (χ4v) is 3.07. The zero-order chi connectivity index (χ0) is 22.1. The molecule has 1 heterocycles. The highest BCUT2D eigenvalue weighted by Crippen LogP contribution is 2.28. The molecule has 0 saturated heterocycles. The van der Waals surface area contributed by atoms with Gasteiger partial charge in [0.15, 0.2) is 5.69 Å². The molecule has 2 aromatic carbocycles. The predicted octanol–water partition coefficient (Wildman–Crippen LogP) is 4.59. The van der Waals surface area contributed by atoms with Gasteiger partial charge in [0.1, 0.15) is 5.75 Å². The molecule has 0 aliphatic heterocycles. The Hall–Kier alpha value is -3.32. The first-order valence-corrected chi connectivity index (χ1v) is 9.56. The largest absolute Gasteiger partial charge is 0.496 e. The monoisotopic (exact) mass is 427 g/mol. The number of rotatable bonds is 5. The Balaban J connectivity index is 1.97. The van der Waals surface area contributed by atoms with E-state index in [2.05, 4.69) is 10.5 Å². The van der Waals surface area contributed by atoms with Gasteiger partial charge in [-0.3, -0.25) is 4.79 Å². The summed E-state index contributed by atoms with van der Waals surface area (Å²) in [5.74, 6) is -1.27. The van der Waals surface area contributed by atoms with E-state index in [1.165, 1.54) is 13.3 Å². The molecule has 0 saturated carbocycles. The molecule has 8 heteroatoms. The maximum atomic E-state index is 12.9. The summed E-state index contributed by atoms with van der Waals surface area (Å²) in [7, 11) is 1.48. The molecular formula is C22H22ClN3O4. The Morgan fingerprint density at radius 2 is 1.80 bits per heavy atom. The molecule has 2 N–H and O–H groups in total. The fourth-order valence-electron chi connectivity index (χ4n) is 2.95. The highest BCUT2D eigenvalue weighted by Gasteiger charge is 2.22. The second-order valence-electron chi connectivity index (χ2n) is 7.75. The number of ether oxygens (including phenoxy) is 1. The Kier molecular flexibility index (Phi) is 5.85. The van der Waals surface area contributed by atoms with Crippen molar-refractivity contribution >= 4 is 23.5 Å². The number of methoxy groups -OCH3 is 1. The summed E-state index contributed by atoms with van der Waals surface area (Å²) >= 11 is 5.91. The quantitative estimate of drug-likeness (QED) is 0.621. The summed E-state index contributed by atoms with van der Waals surface area (Å²) < 4.78 is 5.32. The first-order valence-electron chi connectivity index (χ1n) is 9.19. The second kappa shape index (κ2) is 8.20. The molecule has 30 heavy (non-hydrogen) atoms. The van der Waals surface area contributed by atoms with Gasteiger partial charge >= 0.3 is 5.97 Å². The third kappa shape index (κ3) is 4.46.